The van der Waals surface area contributed by atoms with Crippen LogP contribution in [-0.4, -0.2) is 56.8 Å². The van der Waals surface area contributed by atoms with Gasteiger partial charge in [0.25, 0.3) is 11.6 Å². The van der Waals surface area contributed by atoms with Crippen molar-refractivity contribution in [2.45, 2.75) is 24.6 Å². The van der Waals surface area contributed by atoms with E-state index in [9.17, 15) is 19.7 Å². The molecule has 0 unspecified atom stereocenters. The van der Waals surface area contributed by atoms with Gasteiger partial charge in [-0.15, -0.1) is 11.8 Å². The quantitative estimate of drug-likeness (QED) is 0.397. The molecule has 32 heavy (non-hydrogen) atoms. The summed E-state index contributed by atoms with van der Waals surface area (Å²) in [7, 11) is 0. The highest BCUT2D eigenvalue weighted by molar-refractivity contribution is 8.00. The summed E-state index contributed by atoms with van der Waals surface area (Å²) < 4.78 is 0. The van der Waals surface area contributed by atoms with Crippen LogP contribution >= 0.6 is 11.8 Å². The number of non-ortho nitro benzene ring substituents is 1. The molecule has 2 aliphatic rings. The Morgan fingerprint density at radius 2 is 1.69 bits per heavy atom. The highest BCUT2D eigenvalue weighted by atomic mass is 32.2. The van der Waals surface area contributed by atoms with Crippen molar-refractivity contribution >= 4 is 35.3 Å². The number of aryl methyl sites for hydroxylation is 1. The molecule has 0 aromatic heterocycles. The molecule has 2 saturated heterocycles. The van der Waals surface area contributed by atoms with Crippen molar-refractivity contribution < 1.29 is 14.5 Å². The van der Waals surface area contributed by atoms with Crippen molar-refractivity contribution in [3.63, 3.8) is 0 Å². The van der Waals surface area contributed by atoms with Crippen molar-refractivity contribution in [1.82, 2.24) is 9.80 Å². The monoisotopic (exact) mass is 451 g/mol. The standard InChI is InChI=1S/C24H25N3O4S/c1-18-2-7-20(8-3-18)23(29)26-16-17-32-24(26)12-14-25(15-13-24)22(28)11-6-19-4-9-21(10-5-19)27(30)31/h2-11H,12-17H2,1H3. The number of hydrogen-bond acceptors (Lipinski definition) is 5. The van der Waals surface area contributed by atoms with E-state index >= 15 is 0 Å². The topological polar surface area (TPSA) is 83.8 Å². The Labute approximate surface area is 191 Å². The van der Waals surface area contributed by atoms with E-state index in [0.717, 1.165) is 36.3 Å². The number of amides is 2. The van der Waals surface area contributed by atoms with Crippen LogP contribution in [0.4, 0.5) is 5.69 Å². The number of thioether (sulfide) groups is 1. The maximum atomic E-state index is 13.2. The fourth-order valence-corrected chi connectivity index (χ4v) is 5.67. The molecule has 2 fully saturated rings. The lowest BCUT2D eigenvalue weighted by atomic mass is 10.0. The van der Waals surface area contributed by atoms with Crippen molar-refractivity contribution in [3.05, 3.63) is 81.4 Å². The molecular weight excluding hydrogens is 426 g/mol. The Morgan fingerprint density at radius 1 is 1.03 bits per heavy atom. The van der Waals surface area contributed by atoms with E-state index in [4.69, 9.17) is 0 Å². The van der Waals surface area contributed by atoms with Crippen LogP contribution in [0.2, 0.25) is 0 Å². The van der Waals surface area contributed by atoms with E-state index in [0.29, 0.717) is 18.7 Å². The van der Waals surface area contributed by atoms with Gasteiger partial charge in [0.2, 0.25) is 5.91 Å². The zero-order valence-electron chi connectivity index (χ0n) is 17.9. The first-order valence-corrected chi connectivity index (χ1v) is 11.6. The third kappa shape index (κ3) is 4.55. The molecular formula is C24H25N3O4S. The smallest absolute Gasteiger partial charge is 0.269 e. The summed E-state index contributed by atoms with van der Waals surface area (Å²) in [5.74, 6) is 0.886. The van der Waals surface area contributed by atoms with Crippen LogP contribution < -0.4 is 0 Å². The highest BCUT2D eigenvalue weighted by Gasteiger charge is 2.46. The maximum absolute atomic E-state index is 13.2. The molecule has 0 saturated carbocycles. The van der Waals surface area contributed by atoms with Crippen LogP contribution in [0, 0.1) is 17.0 Å². The number of carbonyl (C=O) groups excluding carboxylic acids is 2. The van der Waals surface area contributed by atoms with Gasteiger partial charge in [-0.2, -0.15) is 0 Å². The predicted molar refractivity (Wildman–Crippen MR) is 125 cm³/mol. The second-order valence-corrected chi connectivity index (χ2v) is 9.58. The van der Waals surface area contributed by atoms with Crippen LogP contribution in [0.3, 0.4) is 0 Å². The fraction of sp³-hybridized carbons (Fsp3) is 0.333. The summed E-state index contributed by atoms with van der Waals surface area (Å²) >= 11 is 1.82. The van der Waals surface area contributed by atoms with Gasteiger partial charge in [-0.1, -0.05) is 17.7 Å². The van der Waals surface area contributed by atoms with E-state index in [1.165, 1.54) is 18.2 Å². The fourth-order valence-electron chi connectivity index (χ4n) is 4.22. The van der Waals surface area contributed by atoms with Crippen molar-refractivity contribution in [2.75, 3.05) is 25.4 Å². The summed E-state index contributed by atoms with van der Waals surface area (Å²) in [4.78, 5) is 39.7. The predicted octanol–water partition coefficient (Wildman–Crippen LogP) is 4.12. The number of benzene rings is 2. The van der Waals surface area contributed by atoms with E-state index in [1.54, 1.807) is 23.1 Å². The molecule has 4 rings (SSSR count). The van der Waals surface area contributed by atoms with Gasteiger partial charge in [0.1, 0.15) is 0 Å². The molecule has 2 aliphatic heterocycles. The van der Waals surface area contributed by atoms with E-state index in [1.807, 2.05) is 47.9 Å². The van der Waals surface area contributed by atoms with Gasteiger partial charge < -0.3 is 9.80 Å². The Morgan fingerprint density at radius 3 is 2.31 bits per heavy atom. The zero-order valence-corrected chi connectivity index (χ0v) is 18.7. The molecule has 7 nitrogen and oxygen atoms in total. The normalized spacial score (nSPS) is 17.8. The highest BCUT2D eigenvalue weighted by Crippen LogP contribution is 2.44. The van der Waals surface area contributed by atoms with Gasteiger partial charge in [0.05, 0.1) is 9.79 Å². The first-order valence-electron chi connectivity index (χ1n) is 10.6. The first-order chi connectivity index (χ1) is 15.4. The lowest BCUT2D eigenvalue weighted by Gasteiger charge is -2.44. The molecule has 0 N–H and O–H groups in total. The molecule has 2 aromatic carbocycles. The minimum Gasteiger partial charge on any atom is -0.339 e. The number of nitro benzene ring substituents is 1. The number of piperidine rings is 1. The zero-order chi connectivity index (χ0) is 22.7. The summed E-state index contributed by atoms with van der Waals surface area (Å²) in [6.45, 7) is 3.91. The van der Waals surface area contributed by atoms with E-state index in [-0.39, 0.29) is 22.4 Å². The number of carbonyl (C=O) groups is 2. The lowest BCUT2D eigenvalue weighted by Crippen LogP contribution is -2.53. The molecule has 2 heterocycles. The van der Waals surface area contributed by atoms with Crippen LogP contribution in [0.1, 0.15) is 34.3 Å². The summed E-state index contributed by atoms with van der Waals surface area (Å²) in [5.41, 5.74) is 2.59. The summed E-state index contributed by atoms with van der Waals surface area (Å²) in [6.07, 6.45) is 4.67. The number of likely N-dealkylation sites (tertiary alicyclic amines) is 1. The van der Waals surface area contributed by atoms with Crippen LogP contribution in [0.5, 0.6) is 0 Å². The first kappa shape index (κ1) is 22.1. The van der Waals surface area contributed by atoms with Crippen LogP contribution in [0.15, 0.2) is 54.6 Å². The third-order valence-electron chi connectivity index (χ3n) is 6.10. The molecule has 0 radical (unpaired) electrons. The van der Waals surface area contributed by atoms with Crippen molar-refractivity contribution in [3.8, 4) is 0 Å². The van der Waals surface area contributed by atoms with E-state index in [2.05, 4.69) is 0 Å². The van der Waals surface area contributed by atoms with Gasteiger partial charge in [0, 0.05) is 49.2 Å². The van der Waals surface area contributed by atoms with Gasteiger partial charge in [-0.3, -0.25) is 19.7 Å². The average Bonchev–Trinajstić information content (AvgIpc) is 3.21. The molecule has 8 heteroatoms. The third-order valence-corrected chi connectivity index (χ3v) is 7.65. The second-order valence-electron chi connectivity index (χ2n) is 8.12. The number of rotatable bonds is 4. The number of nitro groups is 1. The molecule has 0 atom stereocenters. The number of nitrogens with zero attached hydrogens (tertiary/aromatic N) is 3. The molecule has 1 spiro atoms. The van der Waals surface area contributed by atoms with Gasteiger partial charge >= 0.3 is 0 Å². The average molecular weight is 452 g/mol. The summed E-state index contributed by atoms with van der Waals surface area (Å²) in [6, 6.07) is 13.8. The Hall–Kier alpha value is -3.13. The van der Waals surface area contributed by atoms with Crippen LogP contribution in [-0.2, 0) is 4.79 Å². The minimum atomic E-state index is -0.448. The van der Waals surface area contributed by atoms with Crippen molar-refractivity contribution in [1.29, 1.82) is 0 Å². The summed E-state index contributed by atoms with van der Waals surface area (Å²) in [5, 5.41) is 10.8. The molecule has 166 valence electrons. The lowest BCUT2D eigenvalue weighted by molar-refractivity contribution is -0.384. The largest absolute Gasteiger partial charge is 0.339 e. The minimum absolute atomic E-state index is 0.0219. The SMILES string of the molecule is Cc1ccc(C(=O)N2CCSC23CCN(C(=O)C=Cc2ccc([N+](=O)[O-])cc2)CC3)cc1. The number of hydrogen-bond donors (Lipinski definition) is 0. The van der Waals surface area contributed by atoms with Gasteiger partial charge in [0.15, 0.2) is 0 Å². The Bertz CT molecular complexity index is 1040. The van der Waals surface area contributed by atoms with Gasteiger partial charge in [-0.05, 0) is 55.7 Å². The molecule has 2 aromatic rings. The Kier molecular flexibility index (Phi) is 6.32. The molecule has 2 amide bonds. The maximum Gasteiger partial charge on any atom is 0.269 e. The van der Waals surface area contributed by atoms with Crippen LogP contribution in [0.25, 0.3) is 6.08 Å². The van der Waals surface area contributed by atoms with Gasteiger partial charge in [-0.25, -0.2) is 0 Å². The van der Waals surface area contributed by atoms with E-state index < -0.39 is 4.92 Å². The second kappa shape index (κ2) is 9.16. The molecule has 0 aliphatic carbocycles. The molecule has 0 bridgehead atoms. The van der Waals surface area contributed by atoms with Crippen molar-refractivity contribution in [2.24, 2.45) is 0 Å². The Balaban J connectivity index is 1.38.